The molecule has 0 saturated heterocycles. The molecule has 2 aromatic rings. The van der Waals surface area contributed by atoms with Gasteiger partial charge in [0.05, 0.1) is 18.5 Å². The Morgan fingerprint density at radius 3 is 2.95 bits per heavy atom. The molecule has 0 amide bonds. The van der Waals surface area contributed by atoms with Crippen LogP contribution in [0.4, 0.5) is 5.69 Å². The summed E-state index contributed by atoms with van der Waals surface area (Å²) < 4.78 is 7.47. The Hall–Kier alpha value is -1.68. The highest BCUT2D eigenvalue weighted by atomic mass is 35.5. The van der Waals surface area contributed by atoms with E-state index in [0.717, 1.165) is 23.4 Å². The van der Waals surface area contributed by atoms with Crippen LogP contribution in [0.1, 0.15) is 18.9 Å². The fraction of sp³-hybridized carbons (Fsp3) is 0.357. The molecule has 5 heteroatoms. The number of ether oxygens (including phenoxy) is 1. The molecule has 0 saturated carbocycles. The molecular weight excluding hydrogens is 262 g/mol. The van der Waals surface area contributed by atoms with Gasteiger partial charge >= 0.3 is 0 Å². The smallest absolute Gasteiger partial charge is 0.142 e. The Morgan fingerprint density at radius 2 is 2.26 bits per heavy atom. The average Bonchev–Trinajstić information content (AvgIpc) is 2.81. The third-order valence-electron chi connectivity index (χ3n) is 2.64. The predicted molar refractivity (Wildman–Crippen MR) is 77.8 cm³/mol. The number of halogens is 1. The second-order valence-corrected chi connectivity index (χ2v) is 4.80. The Balaban J connectivity index is 2.06. The molecule has 0 aliphatic rings. The predicted octanol–water partition coefficient (Wildman–Crippen LogP) is 3.47. The number of rotatable bonds is 6. The second-order valence-electron chi connectivity index (χ2n) is 4.36. The number of anilines is 1. The van der Waals surface area contributed by atoms with E-state index in [1.807, 2.05) is 37.6 Å². The van der Waals surface area contributed by atoms with Crippen molar-refractivity contribution in [2.45, 2.75) is 19.9 Å². The first-order valence-corrected chi connectivity index (χ1v) is 6.70. The fourth-order valence-corrected chi connectivity index (χ4v) is 1.91. The largest absolute Gasteiger partial charge is 0.491 e. The number of hydrogen-bond acceptors (Lipinski definition) is 3. The number of aryl methyl sites for hydroxylation is 1. The van der Waals surface area contributed by atoms with Gasteiger partial charge < -0.3 is 10.1 Å². The Labute approximate surface area is 118 Å². The fourth-order valence-electron chi connectivity index (χ4n) is 1.74. The summed E-state index contributed by atoms with van der Waals surface area (Å²) in [4.78, 5) is 0. The van der Waals surface area contributed by atoms with Crippen molar-refractivity contribution in [1.29, 1.82) is 0 Å². The summed E-state index contributed by atoms with van der Waals surface area (Å²) in [6.45, 7) is 3.47. The van der Waals surface area contributed by atoms with E-state index in [9.17, 15) is 0 Å². The summed E-state index contributed by atoms with van der Waals surface area (Å²) in [6, 6.07) is 5.61. The van der Waals surface area contributed by atoms with Crippen LogP contribution in [-0.4, -0.2) is 16.4 Å². The minimum absolute atomic E-state index is 0.691. The first kappa shape index (κ1) is 13.7. The lowest BCUT2D eigenvalue weighted by molar-refractivity contribution is 0.319. The van der Waals surface area contributed by atoms with Crippen LogP contribution >= 0.6 is 11.6 Å². The van der Waals surface area contributed by atoms with Crippen molar-refractivity contribution in [3.05, 3.63) is 41.2 Å². The minimum atomic E-state index is 0.691. The van der Waals surface area contributed by atoms with E-state index in [4.69, 9.17) is 16.3 Å². The van der Waals surface area contributed by atoms with Crippen LogP contribution in [0.3, 0.4) is 0 Å². The Bertz CT molecular complexity index is 539. The highest BCUT2D eigenvalue weighted by Crippen LogP contribution is 2.28. The van der Waals surface area contributed by atoms with Gasteiger partial charge in [-0.25, -0.2) is 0 Å². The van der Waals surface area contributed by atoms with Crippen molar-refractivity contribution in [3.8, 4) is 5.75 Å². The van der Waals surface area contributed by atoms with Gasteiger partial charge in [0, 0.05) is 30.4 Å². The molecular formula is C14H18ClN3O. The van der Waals surface area contributed by atoms with Crippen LogP contribution in [0, 0.1) is 0 Å². The van der Waals surface area contributed by atoms with Gasteiger partial charge in [-0.3, -0.25) is 4.68 Å². The molecule has 102 valence electrons. The molecule has 1 aromatic carbocycles. The summed E-state index contributed by atoms with van der Waals surface area (Å²) in [5.41, 5.74) is 2.02. The highest BCUT2D eigenvalue weighted by molar-refractivity contribution is 6.30. The van der Waals surface area contributed by atoms with Gasteiger partial charge in [-0.2, -0.15) is 5.10 Å². The van der Waals surface area contributed by atoms with Crippen molar-refractivity contribution in [3.63, 3.8) is 0 Å². The van der Waals surface area contributed by atoms with E-state index in [1.165, 1.54) is 0 Å². The Morgan fingerprint density at radius 1 is 1.42 bits per heavy atom. The number of nitrogens with zero attached hydrogens (tertiary/aromatic N) is 2. The summed E-state index contributed by atoms with van der Waals surface area (Å²) in [7, 11) is 1.90. The zero-order valence-corrected chi connectivity index (χ0v) is 11.9. The monoisotopic (exact) mass is 279 g/mol. The van der Waals surface area contributed by atoms with E-state index in [2.05, 4.69) is 17.3 Å². The van der Waals surface area contributed by atoms with Crippen LogP contribution in [0.15, 0.2) is 30.6 Å². The zero-order chi connectivity index (χ0) is 13.7. The number of nitrogens with one attached hydrogen (secondary N) is 1. The van der Waals surface area contributed by atoms with Crippen LogP contribution in [0.5, 0.6) is 5.75 Å². The zero-order valence-electron chi connectivity index (χ0n) is 11.2. The molecule has 0 spiro atoms. The summed E-state index contributed by atoms with van der Waals surface area (Å²) in [6.07, 6.45) is 4.79. The third kappa shape index (κ3) is 3.89. The number of aromatic nitrogens is 2. The lowest BCUT2D eigenvalue weighted by atomic mass is 10.2. The standard InChI is InChI=1S/C14H18ClN3O/c1-3-6-19-14-5-4-12(15)7-13(14)16-8-11-9-17-18(2)10-11/h4-5,7,9-10,16H,3,6,8H2,1-2H3. The molecule has 0 aliphatic carbocycles. The van der Waals surface area contributed by atoms with E-state index in [-0.39, 0.29) is 0 Å². The van der Waals surface area contributed by atoms with Crippen molar-refractivity contribution >= 4 is 17.3 Å². The van der Waals surface area contributed by atoms with Gasteiger partial charge in [0.2, 0.25) is 0 Å². The molecule has 1 aromatic heterocycles. The van der Waals surface area contributed by atoms with Crippen molar-refractivity contribution in [2.24, 2.45) is 7.05 Å². The van der Waals surface area contributed by atoms with E-state index in [1.54, 1.807) is 4.68 Å². The maximum Gasteiger partial charge on any atom is 0.142 e. The molecule has 4 nitrogen and oxygen atoms in total. The maximum atomic E-state index is 6.02. The SMILES string of the molecule is CCCOc1ccc(Cl)cc1NCc1cnn(C)c1. The molecule has 0 fully saturated rings. The van der Waals surface area contributed by atoms with Gasteiger partial charge in [-0.05, 0) is 24.6 Å². The second kappa shape index (κ2) is 6.48. The number of benzene rings is 1. The molecule has 0 unspecified atom stereocenters. The van der Waals surface area contributed by atoms with Crippen molar-refractivity contribution < 1.29 is 4.74 Å². The minimum Gasteiger partial charge on any atom is -0.491 e. The first-order valence-electron chi connectivity index (χ1n) is 6.32. The average molecular weight is 280 g/mol. The van der Waals surface area contributed by atoms with E-state index in [0.29, 0.717) is 18.2 Å². The topological polar surface area (TPSA) is 39.1 Å². The van der Waals surface area contributed by atoms with Crippen molar-refractivity contribution in [2.75, 3.05) is 11.9 Å². The van der Waals surface area contributed by atoms with Crippen LogP contribution in [0.2, 0.25) is 5.02 Å². The molecule has 1 heterocycles. The number of hydrogen-bond donors (Lipinski definition) is 1. The molecule has 19 heavy (non-hydrogen) atoms. The normalized spacial score (nSPS) is 10.5. The first-order chi connectivity index (χ1) is 9.19. The molecule has 0 atom stereocenters. The van der Waals surface area contributed by atoms with Crippen LogP contribution in [-0.2, 0) is 13.6 Å². The van der Waals surface area contributed by atoms with Gasteiger partial charge in [0.15, 0.2) is 0 Å². The third-order valence-corrected chi connectivity index (χ3v) is 2.88. The van der Waals surface area contributed by atoms with Crippen molar-refractivity contribution in [1.82, 2.24) is 9.78 Å². The lowest BCUT2D eigenvalue weighted by Crippen LogP contribution is -2.03. The molecule has 0 radical (unpaired) electrons. The molecule has 0 aliphatic heterocycles. The summed E-state index contributed by atoms with van der Waals surface area (Å²) in [5, 5.41) is 8.16. The quantitative estimate of drug-likeness (QED) is 0.880. The van der Waals surface area contributed by atoms with Gasteiger partial charge in [-0.15, -0.1) is 0 Å². The Kier molecular flexibility index (Phi) is 4.68. The molecule has 2 rings (SSSR count). The molecule has 1 N–H and O–H groups in total. The maximum absolute atomic E-state index is 6.02. The lowest BCUT2D eigenvalue weighted by Gasteiger charge is -2.12. The van der Waals surface area contributed by atoms with Gasteiger partial charge in [0.25, 0.3) is 0 Å². The molecule has 0 bridgehead atoms. The highest BCUT2D eigenvalue weighted by Gasteiger charge is 2.05. The van der Waals surface area contributed by atoms with E-state index < -0.39 is 0 Å². The van der Waals surface area contributed by atoms with Gasteiger partial charge in [-0.1, -0.05) is 18.5 Å². The van der Waals surface area contributed by atoms with Gasteiger partial charge in [0.1, 0.15) is 5.75 Å². The summed E-state index contributed by atoms with van der Waals surface area (Å²) in [5.74, 6) is 0.829. The van der Waals surface area contributed by atoms with Crippen LogP contribution < -0.4 is 10.1 Å². The van der Waals surface area contributed by atoms with Crippen LogP contribution in [0.25, 0.3) is 0 Å². The van der Waals surface area contributed by atoms with E-state index >= 15 is 0 Å². The summed E-state index contributed by atoms with van der Waals surface area (Å²) >= 11 is 6.02.